The third-order valence-corrected chi connectivity index (χ3v) is 4.57. The number of pyridine rings is 2. The summed E-state index contributed by atoms with van der Waals surface area (Å²) < 4.78 is 45.9. The molecule has 3 rings (SSSR count). The van der Waals surface area contributed by atoms with Gasteiger partial charge in [-0.2, -0.15) is 0 Å². The normalized spacial score (nSPS) is 11.1. The summed E-state index contributed by atoms with van der Waals surface area (Å²) in [5.74, 6) is 0.230. The number of amides is 1. The summed E-state index contributed by atoms with van der Waals surface area (Å²) in [6, 6.07) is 10.1. The number of methoxy groups -OCH3 is 1. The van der Waals surface area contributed by atoms with Crippen LogP contribution in [0.1, 0.15) is 30.1 Å². The van der Waals surface area contributed by atoms with E-state index in [4.69, 9.17) is 4.74 Å². The highest BCUT2D eigenvalue weighted by molar-refractivity contribution is 6.05. The quantitative estimate of drug-likeness (QED) is 0.409. The molecule has 0 bridgehead atoms. The Morgan fingerprint density at radius 2 is 1.82 bits per heavy atom. The van der Waals surface area contributed by atoms with Crippen LogP contribution < -0.4 is 20.1 Å². The summed E-state index contributed by atoms with van der Waals surface area (Å²) in [6.45, 7) is 2.80. The molecule has 0 atom stereocenters. The van der Waals surface area contributed by atoms with Crippen molar-refractivity contribution in [3.05, 3.63) is 60.4 Å². The van der Waals surface area contributed by atoms with Crippen molar-refractivity contribution in [2.45, 2.75) is 26.1 Å². The van der Waals surface area contributed by atoms with Crippen LogP contribution in [0.5, 0.6) is 11.6 Å². The van der Waals surface area contributed by atoms with Gasteiger partial charge in [-0.3, -0.25) is 4.79 Å². The Balaban J connectivity index is 1.82. The maximum Gasteiger partial charge on any atom is 0.573 e. The molecular weight excluding hydrogens is 437 g/mol. The molecule has 0 aliphatic carbocycles. The predicted octanol–water partition coefficient (Wildman–Crippen LogP) is 5.52. The minimum atomic E-state index is -4.78. The van der Waals surface area contributed by atoms with Gasteiger partial charge in [0.1, 0.15) is 11.6 Å². The summed E-state index contributed by atoms with van der Waals surface area (Å²) in [6.07, 6.45) is 0.251. The van der Waals surface area contributed by atoms with Crippen LogP contribution in [0, 0.1) is 0 Å². The fourth-order valence-electron chi connectivity index (χ4n) is 2.94. The Bertz CT molecular complexity index is 1070. The fraction of sp³-hybridized carbons (Fsp3) is 0.261. The Morgan fingerprint density at radius 1 is 1.06 bits per heavy atom. The van der Waals surface area contributed by atoms with Crippen LogP contribution in [0.2, 0.25) is 0 Å². The number of ether oxygens (including phenoxy) is 2. The van der Waals surface area contributed by atoms with Crippen LogP contribution in [0.4, 0.5) is 24.7 Å². The first-order valence-corrected chi connectivity index (χ1v) is 10.2. The Hall–Kier alpha value is -3.82. The largest absolute Gasteiger partial charge is 0.573 e. The summed E-state index contributed by atoms with van der Waals surface area (Å²) >= 11 is 0. The van der Waals surface area contributed by atoms with Crippen molar-refractivity contribution in [1.29, 1.82) is 0 Å². The lowest BCUT2D eigenvalue weighted by Gasteiger charge is -2.13. The lowest BCUT2D eigenvalue weighted by molar-refractivity contribution is -0.274. The van der Waals surface area contributed by atoms with Gasteiger partial charge >= 0.3 is 6.36 Å². The molecule has 1 amide bonds. The minimum absolute atomic E-state index is 0.275. The number of anilines is 2. The van der Waals surface area contributed by atoms with E-state index in [-0.39, 0.29) is 11.3 Å². The van der Waals surface area contributed by atoms with Gasteiger partial charge in [-0.15, -0.1) is 13.2 Å². The van der Waals surface area contributed by atoms with Gasteiger partial charge in [-0.1, -0.05) is 13.3 Å². The SMILES string of the molecule is CCCCNc1ncc(C(=O)Nc2ccc(OC(F)(F)F)cc2)cc1-c1ccc(OC)nc1. The van der Waals surface area contributed by atoms with Crippen molar-refractivity contribution in [1.82, 2.24) is 9.97 Å². The highest BCUT2D eigenvalue weighted by Crippen LogP contribution is 2.29. The van der Waals surface area contributed by atoms with Crippen LogP contribution in [-0.2, 0) is 0 Å². The van der Waals surface area contributed by atoms with Crippen LogP contribution in [0.25, 0.3) is 11.1 Å². The smallest absolute Gasteiger partial charge is 0.481 e. The molecule has 0 aliphatic heterocycles. The van der Waals surface area contributed by atoms with E-state index >= 15 is 0 Å². The minimum Gasteiger partial charge on any atom is -0.481 e. The second-order valence-electron chi connectivity index (χ2n) is 7.02. The van der Waals surface area contributed by atoms with Gasteiger partial charge in [0.15, 0.2) is 0 Å². The molecule has 2 heterocycles. The molecule has 10 heteroatoms. The van der Waals surface area contributed by atoms with E-state index < -0.39 is 12.3 Å². The maximum atomic E-state index is 12.8. The van der Waals surface area contributed by atoms with Gasteiger partial charge in [-0.05, 0) is 42.8 Å². The molecule has 0 saturated carbocycles. The van der Waals surface area contributed by atoms with Crippen molar-refractivity contribution >= 4 is 17.4 Å². The number of rotatable bonds is 9. The molecule has 7 nitrogen and oxygen atoms in total. The average molecular weight is 460 g/mol. The van der Waals surface area contributed by atoms with Gasteiger partial charge in [-0.25, -0.2) is 9.97 Å². The molecule has 0 aliphatic rings. The van der Waals surface area contributed by atoms with Crippen molar-refractivity contribution in [2.75, 3.05) is 24.3 Å². The molecule has 174 valence electrons. The first-order valence-electron chi connectivity index (χ1n) is 10.2. The Morgan fingerprint density at radius 3 is 2.42 bits per heavy atom. The third kappa shape index (κ3) is 6.83. The van der Waals surface area contributed by atoms with Crippen LogP contribution in [0.3, 0.4) is 0 Å². The van der Waals surface area contributed by atoms with E-state index in [2.05, 4.69) is 32.3 Å². The second-order valence-corrected chi connectivity index (χ2v) is 7.02. The van der Waals surface area contributed by atoms with E-state index in [1.165, 1.54) is 25.4 Å². The number of hydrogen-bond acceptors (Lipinski definition) is 6. The van der Waals surface area contributed by atoms with Gasteiger partial charge in [0, 0.05) is 41.8 Å². The standard InChI is InChI=1S/C23H23F3N4O3/c1-3-4-11-27-21-19(15-5-10-20(32-2)28-13-15)12-16(14-29-21)22(31)30-17-6-8-18(9-7-17)33-23(24,25)26/h5-10,12-14H,3-4,11H2,1-2H3,(H,27,29)(H,30,31). The summed E-state index contributed by atoms with van der Waals surface area (Å²) in [4.78, 5) is 21.4. The number of alkyl halides is 3. The van der Waals surface area contributed by atoms with E-state index in [1.807, 2.05) is 6.07 Å². The van der Waals surface area contributed by atoms with E-state index in [0.29, 0.717) is 22.9 Å². The highest BCUT2D eigenvalue weighted by atomic mass is 19.4. The zero-order valence-electron chi connectivity index (χ0n) is 18.1. The zero-order valence-corrected chi connectivity index (χ0v) is 18.1. The monoisotopic (exact) mass is 460 g/mol. The summed E-state index contributed by atoms with van der Waals surface area (Å²) in [7, 11) is 1.52. The molecule has 2 N–H and O–H groups in total. The van der Waals surface area contributed by atoms with E-state index in [9.17, 15) is 18.0 Å². The predicted molar refractivity (Wildman–Crippen MR) is 118 cm³/mol. The summed E-state index contributed by atoms with van der Waals surface area (Å²) in [5, 5.41) is 5.92. The fourth-order valence-corrected chi connectivity index (χ4v) is 2.94. The second kappa shape index (κ2) is 10.7. The van der Waals surface area contributed by atoms with Gasteiger partial charge in [0.25, 0.3) is 5.91 Å². The van der Waals surface area contributed by atoms with E-state index in [0.717, 1.165) is 37.1 Å². The molecular formula is C23H23F3N4O3. The Kier molecular flexibility index (Phi) is 7.70. The molecule has 0 saturated heterocycles. The molecule has 2 aromatic heterocycles. The number of nitrogens with zero attached hydrogens (tertiary/aromatic N) is 2. The zero-order chi connectivity index (χ0) is 23.8. The molecule has 0 spiro atoms. The first kappa shape index (κ1) is 23.8. The van der Waals surface area contributed by atoms with Crippen molar-refractivity contribution in [2.24, 2.45) is 0 Å². The van der Waals surface area contributed by atoms with Crippen LogP contribution in [-0.4, -0.2) is 35.9 Å². The van der Waals surface area contributed by atoms with Gasteiger partial charge in [0.2, 0.25) is 5.88 Å². The molecule has 1 aromatic carbocycles. The molecule has 0 fully saturated rings. The molecule has 0 radical (unpaired) electrons. The van der Waals surface area contributed by atoms with Crippen LogP contribution >= 0.6 is 0 Å². The van der Waals surface area contributed by atoms with Crippen molar-refractivity contribution in [3.8, 4) is 22.8 Å². The van der Waals surface area contributed by atoms with E-state index in [1.54, 1.807) is 18.3 Å². The average Bonchev–Trinajstić information content (AvgIpc) is 2.80. The number of halogens is 3. The number of unbranched alkanes of at least 4 members (excludes halogenated alkanes) is 1. The lowest BCUT2D eigenvalue weighted by atomic mass is 10.1. The number of hydrogen-bond donors (Lipinski definition) is 2. The number of carbonyl (C=O) groups excluding carboxylic acids is 1. The van der Waals surface area contributed by atoms with Crippen molar-refractivity contribution < 1.29 is 27.4 Å². The number of benzene rings is 1. The highest BCUT2D eigenvalue weighted by Gasteiger charge is 2.31. The lowest BCUT2D eigenvalue weighted by Crippen LogP contribution is -2.17. The molecule has 0 unspecified atom stereocenters. The van der Waals surface area contributed by atoms with Crippen molar-refractivity contribution in [3.63, 3.8) is 0 Å². The number of aromatic nitrogens is 2. The third-order valence-electron chi connectivity index (χ3n) is 4.57. The topological polar surface area (TPSA) is 85.4 Å². The maximum absolute atomic E-state index is 12.8. The van der Waals surface area contributed by atoms with Gasteiger partial charge < -0.3 is 20.1 Å². The molecule has 3 aromatic rings. The van der Waals surface area contributed by atoms with Gasteiger partial charge in [0.05, 0.1) is 12.7 Å². The first-order chi connectivity index (χ1) is 15.8. The Labute approximate surface area is 189 Å². The van der Waals surface area contributed by atoms with Crippen LogP contribution in [0.15, 0.2) is 54.9 Å². The summed E-state index contributed by atoms with van der Waals surface area (Å²) in [5.41, 5.74) is 2.01. The number of carbonyl (C=O) groups is 1. The molecule has 33 heavy (non-hydrogen) atoms. The number of nitrogens with one attached hydrogen (secondary N) is 2.